The summed E-state index contributed by atoms with van der Waals surface area (Å²) in [5, 5.41) is 12.1. The van der Waals surface area contributed by atoms with Crippen molar-refractivity contribution in [3.05, 3.63) is 0 Å². The zero-order valence-electron chi connectivity index (χ0n) is 17.5. The van der Waals surface area contributed by atoms with E-state index in [-0.39, 0.29) is 30.8 Å². The molecule has 4 aliphatic rings. The van der Waals surface area contributed by atoms with Gasteiger partial charge in [0.05, 0.1) is 32.0 Å². The van der Waals surface area contributed by atoms with Gasteiger partial charge in [0.1, 0.15) is 18.8 Å². The molecule has 7 nitrogen and oxygen atoms in total. The first-order chi connectivity index (χ1) is 14.1. The lowest BCUT2D eigenvalue weighted by Gasteiger charge is -2.41. The summed E-state index contributed by atoms with van der Waals surface area (Å²) in [4.78, 5) is 17.4. The van der Waals surface area contributed by atoms with Crippen LogP contribution in [0.25, 0.3) is 0 Å². The van der Waals surface area contributed by atoms with Crippen LogP contribution in [0.5, 0.6) is 0 Å². The standard InChI is InChI=1S/C21H36ClN3O4/c1-28-21(27)19-8-18-20(11-24(19)10-16-6-7-17(12-26)29-16)25(13-23-18)9-14-2-4-15(22)5-3-14/h14-20,23,26H,2-13H2,1H3/p+1. The van der Waals surface area contributed by atoms with E-state index >= 15 is 0 Å². The number of carbonyl (C=O) groups excluding carboxylic acids is 1. The number of hydrogen-bond acceptors (Lipinski definition) is 6. The Hall–Kier alpha value is -0.440. The quantitative estimate of drug-likeness (QED) is 0.461. The Morgan fingerprint density at radius 3 is 2.59 bits per heavy atom. The van der Waals surface area contributed by atoms with Crippen molar-refractivity contribution in [2.24, 2.45) is 5.92 Å². The Bertz CT molecular complexity index is 560. The molecule has 0 bridgehead atoms. The first-order valence-electron chi connectivity index (χ1n) is 11.4. The maximum absolute atomic E-state index is 12.5. The SMILES string of the molecule is COC(=O)C1CC2[NH2+]CN(CC3CCC(Cl)CC3)C2CN1CC1CCC(CO)O1. The number of carbonyl (C=O) groups is 1. The number of aliphatic hydroxyl groups is 1. The third kappa shape index (κ3) is 5.08. The molecule has 166 valence electrons. The molecule has 8 heteroatoms. The van der Waals surface area contributed by atoms with Crippen LogP contribution in [0.1, 0.15) is 44.9 Å². The summed E-state index contributed by atoms with van der Waals surface area (Å²) in [6, 6.07) is 0.731. The van der Waals surface area contributed by atoms with E-state index in [2.05, 4.69) is 15.1 Å². The van der Waals surface area contributed by atoms with Gasteiger partial charge < -0.3 is 19.9 Å². The second-order valence-corrected chi connectivity index (χ2v) is 10.0. The smallest absolute Gasteiger partial charge is 0.323 e. The second-order valence-electron chi connectivity index (χ2n) is 9.41. The van der Waals surface area contributed by atoms with Crippen molar-refractivity contribution in [2.75, 3.05) is 40.0 Å². The number of hydrogen-bond donors (Lipinski definition) is 2. The number of piperidine rings is 1. The molecule has 5 unspecified atom stereocenters. The fourth-order valence-electron chi connectivity index (χ4n) is 5.85. The van der Waals surface area contributed by atoms with Gasteiger partial charge >= 0.3 is 5.97 Å². The van der Waals surface area contributed by atoms with Gasteiger partial charge in [-0.3, -0.25) is 9.69 Å². The number of likely N-dealkylation sites (tertiary alicyclic amines) is 1. The highest BCUT2D eigenvalue weighted by Gasteiger charge is 2.48. The molecule has 3 N–H and O–H groups in total. The Morgan fingerprint density at radius 1 is 1.14 bits per heavy atom. The summed E-state index contributed by atoms with van der Waals surface area (Å²) in [7, 11) is 1.48. The van der Waals surface area contributed by atoms with Crippen molar-refractivity contribution in [2.45, 2.75) is 80.7 Å². The molecule has 1 saturated carbocycles. The summed E-state index contributed by atoms with van der Waals surface area (Å²) in [5.74, 6) is 0.611. The second kappa shape index (κ2) is 9.79. The van der Waals surface area contributed by atoms with Gasteiger partial charge in [-0.25, -0.2) is 4.90 Å². The zero-order chi connectivity index (χ0) is 20.4. The highest BCUT2D eigenvalue weighted by Crippen LogP contribution is 2.31. The number of alkyl halides is 1. The van der Waals surface area contributed by atoms with Crippen molar-refractivity contribution < 1.29 is 24.7 Å². The minimum Gasteiger partial charge on any atom is -0.468 e. The largest absolute Gasteiger partial charge is 0.468 e. The number of aliphatic hydroxyl groups excluding tert-OH is 1. The minimum absolute atomic E-state index is 0.0533. The van der Waals surface area contributed by atoms with Gasteiger partial charge in [-0.05, 0) is 44.4 Å². The fourth-order valence-corrected chi connectivity index (χ4v) is 6.10. The monoisotopic (exact) mass is 430 g/mol. The van der Waals surface area contributed by atoms with Crippen LogP contribution in [-0.4, -0.2) is 96.6 Å². The Morgan fingerprint density at radius 2 is 1.90 bits per heavy atom. The zero-order valence-corrected chi connectivity index (χ0v) is 18.3. The average Bonchev–Trinajstić information content (AvgIpc) is 3.35. The third-order valence-electron chi connectivity index (χ3n) is 7.54. The number of nitrogens with zero attached hydrogens (tertiary/aromatic N) is 2. The van der Waals surface area contributed by atoms with Gasteiger partial charge in [-0.1, -0.05) is 0 Å². The molecule has 0 amide bonds. The van der Waals surface area contributed by atoms with E-state index in [9.17, 15) is 9.90 Å². The number of fused-ring (bicyclic) bond motifs is 1. The lowest BCUT2D eigenvalue weighted by Crippen LogP contribution is -2.89. The molecular weight excluding hydrogens is 394 g/mol. The van der Waals surface area contributed by atoms with Crippen LogP contribution < -0.4 is 5.32 Å². The molecule has 4 rings (SSSR count). The summed E-state index contributed by atoms with van der Waals surface area (Å²) in [6.45, 7) is 3.87. The molecule has 3 aliphatic heterocycles. The van der Waals surface area contributed by atoms with Crippen LogP contribution in [0, 0.1) is 5.92 Å². The Labute approximate surface area is 179 Å². The van der Waals surface area contributed by atoms with E-state index in [4.69, 9.17) is 21.1 Å². The summed E-state index contributed by atoms with van der Waals surface area (Å²) in [5.41, 5.74) is 0. The third-order valence-corrected chi connectivity index (χ3v) is 7.98. The van der Waals surface area contributed by atoms with Crippen molar-refractivity contribution in [1.29, 1.82) is 0 Å². The highest BCUT2D eigenvalue weighted by molar-refractivity contribution is 6.20. The van der Waals surface area contributed by atoms with E-state index in [1.54, 1.807) is 0 Å². The number of esters is 1. The maximum atomic E-state index is 12.5. The van der Waals surface area contributed by atoms with Crippen LogP contribution >= 0.6 is 11.6 Å². The number of nitrogens with two attached hydrogens (primary N) is 1. The summed E-state index contributed by atoms with van der Waals surface area (Å²) >= 11 is 6.29. The molecule has 0 aromatic carbocycles. The van der Waals surface area contributed by atoms with E-state index in [1.165, 1.54) is 20.0 Å². The van der Waals surface area contributed by atoms with Crippen molar-refractivity contribution in [3.63, 3.8) is 0 Å². The Kier molecular flexibility index (Phi) is 7.35. The molecule has 4 fully saturated rings. The average molecular weight is 431 g/mol. The molecule has 3 saturated heterocycles. The molecule has 3 heterocycles. The number of halogens is 1. The maximum Gasteiger partial charge on any atom is 0.323 e. The van der Waals surface area contributed by atoms with E-state index in [0.29, 0.717) is 17.5 Å². The highest BCUT2D eigenvalue weighted by atomic mass is 35.5. The minimum atomic E-state index is -0.194. The van der Waals surface area contributed by atoms with Crippen molar-refractivity contribution in [3.8, 4) is 0 Å². The molecule has 1 aliphatic carbocycles. The molecule has 29 heavy (non-hydrogen) atoms. The normalized spacial score (nSPS) is 41.4. The van der Waals surface area contributed by atoms with Gasteiger partial charge in [0.15, 0.2) is 0 Å². The predicted octanol–water partition coefficient (Wildman–Crippen LogP) is 0.145. The molecule has 0 spiro atoms. The van der Waals surface area contributed by atoms with E-state index in [0.717, 1.165) is 64.3 Å². The molecule has 0 radical (unpaired) electrons. The molecule has 5 atom stereocenters. The van der Waals surface area contributed by atoms with Gasteiger partial charge in [-0.2, -0.15) is 0 Å². The van der Waals surface area contributed by atoms with E-state index in [1.807, 2.05) is 0 Å². The number of methoxy groups -OCH3 is 1. The molecule has 0 aromatic heterocycles. The van der Waals surface area contributed by atoms with Crippen LogP contribution in [0.2, 0.25) is 0 Å². The van der Waals surface area contributed by atoms with Crippen LogP contribution in [0.3, 0.4) is 0 Å². The van der Waals surface area contributed by atoms with Crippen LogP contribution in [0.4, 0.5) is 0 Å². The number of ether oxygens (including phenoxy) is 2. The molecule has 0 aromatic rings. The van der Waals surface area contributed by atoms with Crippen LogP contribution in [-0.2, 0) is 14.3 Å². The van der Waals surface area contributed by atoms with E-state index < -0.39 is 0 Å². The van der Waals surface area contributed by atoms with Crippen molar-refractivity contribution >= 4 is 17.6 Å². The van der Waals surface area contributed by atoms with Crippen LogP contribution in [0.15, 0.2) is 0 Å². The van der Waals surface area contributed by atoms with Gasteiger partial charge in [0.2, 0.25) is 0 Å². The summed E-state index contributed by atoms with van der Waals surface area (Å²) in [6.07, 6.45) is 7.45. The van der Waals surface area contributed by atoms with Crippen molar-refractivity contribution in [1.82, 2.24) is 9.80 Å². The fraction of sp³-hybridized carbons (Fsp3) is 0.952. The first kappa shape index (κ1) is 21.8. The number of rotatable bonds is 6. The summed E-state index contributed by atoms with van der Waals surface area (Å²) < 4.78 is 11.1. The predicted molar refractivity (Wildman–Crippen MR) is 110 cm³/mol. The first-order valence-corrected chi connectivity index (χ1v) is 11.8. The van der Waals surface area contributed by atoms with Gasteiger partial charge in [0.25, 0.3) is 0 Å². The topological polar surface area (TPSA) is 78.9 Å². The van der Waals surface area contributed by atoms with Gasteiger partial charge in [-0.15, -0.1) is 11.6 Å². The lowest BCUT2D eigenvalue weighted by atomic mass is 9.87. The van der Waals surface area contributed by atoms with Gasteiger partial charge in [0, 0.05) is 31.4 Å². The molecular formula is C21H37ClN3O4+. The Balaban J connectivity index is 1.39. The lowest BCUT2D eigenvalue weighted by molar-refractivity contribution is -0.678. The number of quaternary nitrogens is 1.